The highest BCUT2D eigenvalue weighted by Gasteiger charge is 2.19. The number of nitrogens with one attached hydrogen (secondary N) is 2. The summed E-state index contributed by atoms with van der Waals surface area (Å²) in [6.07, 6.45) is 0. The summed E-state index contributed by atoms with van der Waals surface area (Å²) < 4.78 is 0. The maximum atomic E-state index is 12.2. The lowest BCUT2D eigenvalue weighted by atomic mass is 10.1. The molecule has 9 heteroatoms. The normalized spacial score (nSPS) is 13.2. The molecule has 7 nitrogen and oxygen atoms in total. The van der Waals surface area contributed by atoms with Crippen molar-refractivity contribution in [3.63, 3.8) is 0 Å². The second kappa shape index (κ2) is 8.20. The fourth-order valence-electron chi connectivity index (χ4n) is 2.39. The molecule has 3 rings (SSSR count). The van der Waals surface area contributed by atoms with E-state index in [0.29, 0.717) is 29.0 Å². The molecule has 0 spiro atoms. The lowest BCUT2D eigenvalue weighted by molar-refractivity contribution is -0.384. The van der Waals surface area contributed by atoms with Crippen molar-refractivity contribution in [1.29, 1.82) is 0 Å². The molecule has 1 aliphatic rings. The van der Waals surface area contributed by atoms with Gasteiger partial charge in [-0.15, -0.1) is 0 Å². The molecule has 26 heavy (non-hydrogen) atoms. The highest BCUT2D eigenvalue weighted by molar-refractivity contribution is 8.14. The molecule has 2 aromatic rings. The molecule has 0 saturated heterocycles. The third-order valence-electron chi connectivity index (χ3n) is 3.69. The van der Waals surface area contributed by atoms with Crippen LogP contribution in [0.2, 0.25) is 5.02 Å². The number of carbonyl (C=O) groups excluding carboxylic acids is 1. The van der Waals surface area contributed by atoms with E-state index in [4.69, 9.17) is 11.6 Å². The molecule has 1 aliphatic heterocycles. The number of amidine groups is 1. The summed E-state index contributed by atoms with van der Waals surface area (Å²) in [5.74, 6) is 0.402. The van der Waals surface area contributed by atoms with E-state index < -0.39 is 10.8 Å². The summed E-state index contributed by atoms with van der Waals surface area (Å²) in [4.78, 5) is 27.3. The van der Waals surface area contributed by atoms with Crippen molar-refractivity contribution in [3.05, 3.63) is 68.7 Å². The van der Waals surface area contributed by atoms with Crippen LogP contribution in [0.25, 0.3) is 0 Å². The van der Waals surface area contributed by atoms with E-state index in [1.807, 2.05) is 18.2 Å². The van der Waals surface area contributed by atoms with Crippen molar-refractivity contribution in [1.82, 2.24) is 5.32 Å². The Morgan fingerprint density at radius 1 is 1.31 bits per heavy atom. The molecule has 0 aromatic heterocycles. The zero-order chi connectivity index (χ0) is 18.5. The third kappa shape index (κ3) is 4.33. The second-order valence-electron chi connectivity index (χ2n) is 5.42. The van der Waals surface area contributed by atoms with Gasteiger partial charge < -0.3 is 10.6 Å². The molecule has 0 radical (unpaired) electrons. The monoisotopic (exact) mass is 390 g/mol. The van der Waals surface area contributed by atoms with Crippen molar-refractivity contribution in [3.8, 4) is 0 Å². The number of nitro groups is 1. The van der Waals surface area contributed by atoms with Crippen LogP contribution >= 0.6 is 23.4 Å². The first-order chi connectivity index (χ1) is 12.5. The van der Waals surface area contributed by atoms with Crippen molar-refractivity contribution >= 4 is 45.8 Å². The van der Waals surface area contributed by atoms with Crippen molar-refractivity contribution in [2.75, 3.05) is 17.6 Å². The molecule has 0 fully saturated rings. The average molecular weight is 391 g/mol. The summed E-state index contributed by atoms with van der Waals surface area (Å²) in [5.41, 5.74) is 1.17. The highest BCUT2D eigenvalue weighted by Crippen LogP contribution is 2.27. The van der Waals surface area contributed by atoms with E-state index in [1.54, 1.807) is 6.07 Å². The minimum absolute atomic E-state index is 0.175. The number of nitro benzene ring substituents is 1. The van der Waals surface area contributed by atoms with E-state index in [2.05, 4.69) is 15.6 Å². The minimum atomic E-state index is -0.520. The van der Waals surface area contributed by atoms with E-state index in [-0.39, 0.29) is 11.3 Å². The first-order valence-electron chi connectivity index (χ1n) is 7.79. The van der Waals surface area contributed by atoms with Crippen molar-refractivity contribution in [2.24, 2.45) is 4.99 Å². The number of hydrogen-bond donors (Lipinski definition) is 2. The standard InChI is InChI=1S/C17H15ClN4O3S/c18-13-4-2-1-3-12(13)10-20-14-6-5-11(9-15(14)22(24)25)16(23)21-17-19-7-8-26-17/h1-6,9,20H,7-8,10H2,(H,19,21,23). The summed E-state index contributed by atoms with van der Waals surface area (Å²) in [6, 6.07) is 11.6. The number of rotatable bonds is 5. The Morgan fingerprint density at radius 3 is 2.81 bits per heavy atom. The lowest BCUT2D eigenvalue weighted by Crippen LogP contribution is -2.27. The Morgan fingerprint density at radius 2 is 2.12 bits per heavy atom. The summed E-state index contributed by atoms with van der Waals surface area (Å²) in [5, 5.41) is 18.2. The van der Waals surface area contributed by atoms with Crippen LogP contribution < -0.4 is 10.6 Å². The third-order valence-corrected chi connectivity index (χ3v) is 4.95. The fourth-order valence-corrected chi connectivity index (χ4v) is 3.31. The maximum absolute atomic E-state index is 12.2. The van der Waals surface area contributed by atoms with Crippen molar-refractivity contribution in [2.45, 2.75) is 6.54 Å². The minimum Gasteiger partial charge on any atom is -0.375 e. The number of anilines is 1. The van der Waals surface area contributed by atoms with Gasteiger partial charge in [0.2, 0.25) is 0 Å². The first-order valence-corrected chi connectivity index (χ1v) is 9.15. The molecule has 1 amide bonds. The molecular weight excluding hydrogens is 376 g/mol. The topological polar surface area (TPSA) is 96.6 Å². The fraction of sp³-hybridized carbons (Fsp3) is 0.176. The number of thioether (sulfide) groups is 1. The van der Waals surface area contributed by atoms with Crippen LogP contribution in [0.15, 0.2) is 47.5 Å². The predicted molar refractivity (Wildman–Crippen MR) is 104 cm³/mol. The van der Waals surface area contributed by atoms with Crippen LogP contribution in [0.5, 0.6) is 0 Å². The lowest BCUT2D eigenvalue weighted by Gasteiger charge is -2.10. The number of amides is 1. The van der Waals surface area contributed by atoms with Gasteiger partial charge in [0.1, 0.15) is 5.69 Å². The summed E-state index contributed by atoms with van der Waals surface area (Å²) in [6.45, 7) is 0.991. The van der Waals surface area contributed by atoms with Crippen LogP contribution in [0.4, 0.5) is 11.4 Å². The largest absolute Gasteiger partial charge is 0.375 e. The number of carbonyl (C=O) groups is 1. The zero-order valence-electron chi connectivity index (χ0n) is 13.6. The van der Waals surface area contributed by atoms with Gasteiger partial charge in [0.25, 0.3) is 11.6 Å². The number of nitrogens with zero attached hydrogens (tertiary/aromatic N) is 2. The molecule has 2 N–H and O–H groups in total. The second-order valence-corrected chi connectivity index (χ2v) is 6.91. The highest BCUT2D eigenvalue weighted by atomic mass is 35.5. The number of hydrogen-bond acceptors (Lipinski definition) is 6. The first kappa shape index (κ1) is 18.2. The van der Waals surface area contributed by atoms with Gasteiger partial charge in [-0.05, 0) is 23.8 Å². The van der Waals surface area contributed by atoms with Gasteiger partial charge in [-0.3, -0.25) is 19.9 Å². The van der Waals surface area contributed by atoms with Crippen LogP contribution in [0.3, 0.4) is 0 Å². The number of halogens is 1. The van der Waals surface area contributed by atoms with Crippen LogP contribution in [0.1, 0.15) is 15.9 Å². The van der Waals surface area contributed by atoms with Gasteiger partial charge >= 0.3 is 0 Å². The summed E-state index contributed by atoms with van der Waals surface area (Å²) >= 11 is 7.55. The van der Waals surface area contributed by atoms with Crippen LogP contribution in [0, 0.1) is 10.1 Å². The van der Waals surface area contributed by atoms with Gasteiger partial charge in [-0.2, -0.15) is 0 Å². The summed E-state index contributed by atoms with van der Waals surface area (Å²) in [7, 11) is 0. The SMILES string of the molecule is O=C(NC1=NCCS1)c1ccc(NCc2ccccc2Cl)c([N+](=O)[O-])c1. The quantitative estimate of drug-likeness (QED) is 0.599. The maximum Gasteiger partial charge on any atom is 0.293 e. The average Bonchev–Trinajstić information content (AvgIpc) is 3.13. The Hall–Kier alpha value is -2.58. The van der Waals surface area contributed by atoms with Crippen LogP contribution in [-0.4, -0.2) is 28.3 Å². The van der Waals surface area contributed by atoms with Crippen molar-refractivity contribution < 1.29 is 9.72 Å². The molecule has 134 valence electrons. The molecular formula is C17H15ClN4O3S. The molecule has 0 atom stereocenters. The Kier molecular flexibility index (Phi) is 5.75. The molecule has 0 saturated carbocycles. The Labute approximate surface area is 159 Å². The smallest absolute Gasteiger partial charge is 0.293 e. The van der Waals surface area contributed by atoms with Gasteiger partial charge in [0, 0.05) is 29.0 Å². The number of benzene rings is 2. The Bertz CT molecular complexity index is 888. The van der Waals surface area contributed by atoms with Gasteiger partial charge in [0.15, 0.2) is 5.17 Å². The van der Waals surface area contributed by atoms with Gasteiger partial charge in [0.05, 0.1) is 11.5 Å². The molecule has 0 bridgehead atoms. The van der Waals surface area contributed by atoms with Gasteiger partial charge in [-0.1, -0.05) is 41.6 Å². The molecule has 0 unspecified atom stereocenters. The Balaban J connectivity index is 1.77. The van der Waals surface area contributed by atoms with Gasteiger partial charge in [-0.25, -0.2) is 0 Å². The van der Waals surface area contributed by atoms with E-state index in [1.165, 1.54) is 30.0 Å². The zero-order valence-corrected chi connectivity index (χ0v) is 15.1. The van der Waals surface area contributed by atoms with E-state index in [0.717, 1.165) is 11.3 Å². The van der Waals surface area contributed by atoms with E-state index in [9.17, 15) is 14.9 Å². The number of aliphatic imine (C=N–C) groups is 1. The molecule has 0 aliphatic carbocycles. The predicted octanol–water partition coefficient (Wildman–Crippen LogP) is 3.69. The van der Waals surface area contributed by atoms with E-state index >= 15 is 0 Å². The molecule has 1 heterocycles. The molecule has 2 aromatic carbocycles. The van der Waals surface area contributed by atoms with Crippen LogP contribution in [-0.2, 0) is 6.54 Å².